The van der Waals surface area contributed by atoms with E-state index in [9.17, 15) is 10.2 Å². The SMILES string of the molecule is COCNCC(O)c1ccc(O)c(O)c1. The zero-order valence-electron chi connectivity index (χ0n) is 8.47. The lowest BCUT2D eigenvalue weighted by atomic mass is 10.1. The van der Waals surface area contributed by atoms with Crippen LogP contribution in [0.5, 0.6) is 11.5 Å². The minimum Gasteiger partial charge on any atom is -0.504 e. The number of aliphatic hydroxyl groups excluding tert-OH is 1. The largest absolute Gasteiger partial charge is 0.504 e. The highest BCUT2D eigenvalue weighted by Gasteiger charge is 2.09. The summed E-state index contributed by atoms with van der Waals surface area (Å²) in [6, 6.07) is 4.22. The molecular weight excluding hydrogens is 198 g/mol. The van der Waals surface area contributed by atoms with Gasteiger partial charge in [-0.15, -0.1) is 0 Å². The Balaban J connectivity index is 2.57. The smallest absolute Gasteiger partial charge is 0.157 e. The van der Waals surface area contributed by atoms with Gasteiger partial charge in [-0.2, -0.15) is 0 Å². The monoisotopic (exact) mass is 213 g/mol. The number of hydrogen-bond acceptors (Lipinski definition) is 5. The summed E-state index contributed by atoms with van der Waals surface area (Å²) in [5, 5.41) is 30.8. The molecule has 0 aliphatic rings. The first-order chi connectivity index (χ1) is 7.15. The van der Waals surface area contributed by atoms with Gasteiger partial charge in [0.1, 0.15) is 0 Å². The number of phenolic OH excluding ortho intramolecular Hbond substituents is 2. The quantitative estimate of drug-likeness (QED) is 0.322. The van der Waals surface area contributed by atoms with Gasteiger partial charge in [0.05, 0.1) is 12.8 Å². The summed E-state index contributed by atoms with van der Waals surface area (Å²) < 4.78 is 4.76. The van der Waals surface area contributed by atoms with E-state index in [0.29, 0.717) is 18.8 Å². The Morgan fingerprint density at radius 3 is 2.67 bits per heavy atom. The van der Waals surface area contributed by atoms with Crippen molar-refractivity contribution in [2.45, 2.75) is 6.10 Å². The molecule has 0 saturated carbocycles. The second-order valence-corrected chi connectivity index (χ2v) is 3.15. The van der Waals surface area contributed by atoms with Crippen molar-refractivity contribution < 1.29 is 20.1 Å². The van der Waals surface area contributed by atoms with Crippen molar-refractivity contribution in [1.82, 2.24) is 5.32 Å². The first-order valence-corrected chi connectivity index (χ1v) is 4.54. The van der Waals surface area contributed by atoms with Crippen molar-refractivity contribution >= 4 is 0 Å². The summed E-state index contributed by atoms with van der Waals surface area (Å²) in [5.41, 5.74) is 0.536. The lowest BCUT2D eigenvalue weighted by Gasteiger charge is -2.12. The second-order valence-electron chi connectivity index (χ2n) is 3.15. The van der Waals surface area contributed by atoms with Crippen LogP contribution in [0.1, 0.15) is 11.7 Å². The average molecular weight is 213 g/mol. The fraction of sp³-hybridized carbons (Fsp3) is 0.400. The van der Waals surface area contributed by atoms with Crippen LogP contribution in [0.25, 0.3) is 0 Å². The number of methoxy groups -OCH3 is 1. The van der Waals surface area contributed by atoms with Gasteiger partial charge in [-0.1, -0.05) is 6.07 Å². The molecule has 1 aromatic rings. The van der Waals surface area contributed by atoms with Crippen LogP contribution in [-0.2, 0) is 4.74 Å². The van der Waals surface area contributed by atoms with Crippen LogP contribution in [0.4, 0.5) is 0 Å². The Morgan fingerprint density at radius 2 is 2.07 bits per heavy atom. The molecule has 0 heterocycles. The molecule has 0 radical (unpaired) electrons. The normalized spacial score (nSPS) is 12.7. The number of phenols is 2. The highest BCUT2D eigenvalue weighted by molar-refractivity contribution is 5.41. The Kier molecular flexibility index (Phi) is 4.36. The van der Waals surface area contributed by atoms with E-state index < -0.39 is 6.10 Å². The standard InChI is InChI=1S/C10H15NO4/c1-15-6-11-5-10(14)7-2-3-8(12)9(13)4-7/h2-4,10-14H,5-6H2,1H3. The molecule has 0 spiro atoms. The molecule has 5 heteroatoms. The highest BCUT2D eigenvalue weighted by atomic mass is 16.5. The van der Waals surface area contributed by atoms with E-state index in [-0.39, 0.29) is 11.5 Å². The van der Waals surface area contributed by atoms with Crippen LogP contribution >= 0.6 is 0 Å². The fourth-order valence-corrected chi connectivity index (χ4v) is 1.16. The molecule has 0 saturated heterocycles. The van der Waals surface area contributed by atoms with Crippen LogP contribution in [0.3, 0.4) is 0 Å². The van der Waals surface area contributed by atoms with Crippen molar-refractivity contribution in [2.24, 2.45) is 0 Å². The lowest BCUT2D eigenvalue weighted by Crippen LogP contribution is -2.23. The predicted octanol–water partition coefficient (Wildman–Crippen LogP) is 0.325. The topological polar surface area (TPSA) is 82.0 Å². The van der Waals surface area contributed by atoms with Gasteiger partial charge in [0.2, 0.25) is 0 Å². The molecular formula is C10H15NO4. The molecule has 1 atom stereocenters. The summed E-state index contributed by atoms with van der Waals surface area (Å²) in [6.07, 6.45) is -0.744. The number of ether oxygens (including phenoxy) is 1. The Bertz CT molecular complexity index is 316. The minimum absolute atomic E-state index is 0.198. The summed E-state index contributed by atoms with van der Waals surface area (Å²) in [7, 11) is 1.55. The Hall–Kier alpha value is -1.30. The van der Waals surface area contributed by atoms with Crippen molar-refractivity contribution in [2.75, 3.05) is 20.4 Å². The number of benzene rings is 1. The number of rotatable bonds is 5. The molecule has 84 valence electrons. The zero-order valence-corrected chi connectivity index (χ0v) is 8.47. The van der Waals surface area contributed by atoms with E-state index >= 15 is 0 Å². The summed E-state index contributed by atoms with van der Waals surface area (Å²) in [5.74, 6) is -0.436. The van der Waals surface area contributed by atoms with Crippen LogP contribution in [-0.4, -0.2) is 35.7 Å². The van der Waals surface area contributed by atoms with Crippen LogP contribution in [0.2, 0.25) is 0 Å². The molecule has 5 nitrogen and oxygen atoms in total. The Morgan fingerprint density at radius 1 is 1.33 bits per heavy atom. The first-order valence-electron chi connectivity index (χ1n) is 4.54. The van der Waals surface area contributed by atoms with Crippen LogP contribution in [0, 0.1) is 0 Å². The zero-order chi connectivity index (χ0) is 11.3. The van der Waals surface area contributed by atoms with Crippen molar-refractivity contribution in [3.63, 3.8) is 0 Å². The third kappa shape index (κ3) is 3.39. The van der Waals surface area contributed by atoms with Crippen molar-refractivity contribution in [3.05, 3.63) is 23.8 Å². The molecule has 1 unspecified atom stereocenters. The molecule has 0 amide bonds. The van der Waals surface area contributed by atoms with E-state index in [4.69, 9.17) is 9.84 Å². The van der Waals surface area contributed by atoms with Crippen molar-refractivity contribution in [3.8, 4) is 11.5 Å². The maximum absolute atomic E-state index is 9.65. The molecule has 0 aliphatic heterocycles. The average Bonchev–Trinajstić information content (AvgIpc) is 2.22. The predicted molar refractivity (Wildman–Crippen MR) is 54.6 cm³/mol. The van der Waals surface area contributed by atoms with Gasteiger partial charge in [-0.3, -0.25) is 5.32 Å². The van der Waals surface area contributed by atoms with Crippen LogP contribution in [0.15, 0.2) is 18.2 Å². The van der Waals surface area contributed by atoms with Gasteiger partial charge in [0, 0.05) is 13.7 Å². The van der Waals surface area contributed by atoms with Gasteiger partial charge >= 0.3 is 0 Å². The summed E-state index contributed by atoms with van der Waals surface area (Å²) >= 11 is 0. The third-order valence-electron chi connectivity index (χ3n) is 1.97. The maximum atomic E-state index is 9.65. The van der Waals surface area contributed by atoms with E-state index in [1.807, 2.05) is 0 Å². The first kappa shape index (κ1) is 11.8. The molecule has 1 aromatic carbocycles. The molecule has 15 heavy (non-hydrogen) atoms. The van der Waals surface area contributed by atoms with E-state index in [0.717, 1.165) is 0 Å². The van der Waals surface area contributed by atoms with Gasteiger partial charge in [-0.25, -0.2) is 0 Å². The second kappa shape index (κ2) is 5.55. The van der Waals surface area contributed by atoms with Gasteiger partial charge in [0.15, 0.2) is 11.5 Å². The Labute approximate surface area is 87.9 Å². The number of aliphatic hydroxyl groups is 1. The van der Waals surface area contributed by atoms with E-state index in [1.165, 1.54) is 12.1 Å². The molecule has 1 rings (SSSR count). The summed E-state index contributed by atoms with van der Waals surface area (Å²) in [4.78, 5) is 0. The number of aromatic hydroxyl groups is 2. The molecule has 0 aromatic heterocycles. The summed E-state index contributed by atoms with van der Waals surface area (Å²) in [6.45, 7) is 0.666. The molecule has 0 aliphatic carbocycles. The fourth-order valence-electron chi connectivity index (χ4n) is 1.16. The van der Waals surface area contributed by atoms with Gasteiger partial charge in [-0.05, 0) is 17.7 Å². The van der Waals surface area contributed by atoms with E-state index in [1.54, 1.807) is 13.2 Å². The number of nitrogens with one attached hydrogen (secondary N) is 1. The minimum atomic E-state index is -0.744. The maximum Gasteiger partial charge on any atom is 0.157 e. The molecule has 4 N–H and O–H groups in total. The number of hydrogen-bond donors (Lipinski definition) is 4. The van der Waals surface area contributed by atoms with Crippen molar-refractivity contribution in [1.29, 1.82) is 0 Å². The van der Waals surface area contributed by atoms with Gasteiger partial charge in [0.25, 0.3) is 0 Å². The molecule has 0 fully saturated rings. The van der Waals surface area contributed by atoms with Gasteiger partial charge < -0.3 is 20.1 Å². The van der Waals surface area contributed by atoms with Crippen LogP contribution < -0.4 is 5.32 Å². The highest BCUT2D eigenvalue weighted by Crippen LogP contribution is 2.27. The van der Waals surface area contributed by atoms with E-state index in [2.05, 4.69) is 5.32 Å². The lowest BCUT2D eigenvalue weighted by molar-refractivity contribution is 0.132. The molecule has 0 bridgehead atoms. The third-order valence-corrected chi connectivity index (χ3v) is 1.97.